The number of rotatable bonds is 4. The fourth-order valence-electron chi connectivity index (χ4n) is 9.44. The number of fused-ring (bicyclic) bond motifs is 11. The summed E-state index contributed by atoms with van der Waals surface area (Å²) in [5.74, 6) is 0.704. The van der Waals surface area contributed by atoms with Crippen LogP contribution in [-0.4, -0.2) is 15.0 Å². The molecule has 2 aliphatic carbocycles. The van der Waals surface area contributed by atoms with Crippen LogP contribution in [0.1, 0.15) is 33.6 Å². The van der Waals surface area contributed by atoms with Crippen LogP contribution in [0.5, 0.6) is 0 Å². The highest BCUT2D eigenvalue weighted by Crippen LogP contribution is 2.63. The van der Waals surface area contributed by atoms with Crippen molar-refractivity contribution in [3.8, 4) is 67.3 Å². The van der Waals surface area contributed by atoms with E-state index in [-0.39, 0.29) is 5.41 Å². The molecule has 55 heavy (non-hydrogen) atoms. The summed E-state index contributed by atoms with van der Waals surface area (Å²) >= 11 is 0. The van der Waals surface area contributed by atoms with E-state index in [4.69, 9.17) is 15.0 Å². The van der Waals surface area contributed by atoms with Crippen molar-refractivity contribution in [2.45, 2.75) is 19.3 Å². The van der Waals surface area contributed by atoms with Gasteiger partial charge in [0.1, 0.15) is 0 Å². The van der Waals surface area contributed by atoms with Crippen LogP contribution in [0, 0.1) is 13.8 Å². The number of nitrogens with zero attached hydrogens (tertiary/aromatic N) is 3. The second kappa shape index (κ2) is 12.0. The minimum Gasteiger partial charge on any atom is -0.258 e. The predicted molar refractivity (Wildman–Crippen MR) is 225 cm³/mol. The molecule has 2 aliphatic rings. The van der Waals surface area contributed by atoms with Crippen molar-refractivity contribution in [3.63, 3.8) is 0 Å². The largest absolute Gasteiger partial charge is 0.258 e. The van der Waals surface area contributed by atoms with Crippen molar-refractivity contribution in [2.75, 3.05) is 0 Å². The molecule has 0 saturated heterocycles. The first-order valence-electron chi connectivity index (χ1n) is 18.9. The Labute approximate surface area is 320 Å². The Bertz CT molecular complexity index is 2970. The molecule has 3 nitrogen and oxygen atoms in total. The van der Waals surface area contributed by atoms with Crippen LogP contribution in [-0.2, 0) is 5.41 Å². The zero-order valence-corrected chi connectivity index (χ0v) is 30.6. The molecule has 0 radical (unpaired) electrons. The predicted octanol–water partition coefficient (Wildman–Crippen LogP) is 12.7. The summed E-state index contributed by atoms with van der Waals surface area (Å²) in [4.78, 5) is 15.4. The summed E-state index contributed by atoms with van der Waals surface area (Å²) < 4.78 is 0. The van der Waals surface area contributed by atoms with E-state index in [0.29, 0.717) is 5.82 Å². The Morgan fingerprint density at radius 1 is 0.345 bits per heavy atom. The molecule has 2 heterocycles. The normalized spacial score (nSPS) is 13.1. The lowest BCUT2D eigenvalue weighted by Crippen LogP contribution is -2.25. The maximum Gasteiger partial charge on any atom is 0.160 e. The molecule has 0 unspecified atom stereocenters. The van der Waals surface area contributed by atoms with E-state index in [1.807, 2.05) is 13.0 Å². The quantitative estimate of drug-likeness (QED) is 0.183. The lowest BCUT2D eigenvalue weighted by Gasteiger charge is -2.30. The van der Waals surface area contributed by atoms with Gasteiger partial charge >= 0.3 is 0 Å². The molecule has 0 aliphatic heterocycles. The molecule has 0 saturated carbocycles. The van der Waals surface area contributed by atoms with Crippen molar-refractivity contribution < 1.29 is 0 Å². The van der Waals surface area contributed by atoms with Gasteiger partial charge in [-0.3, -0.25) is 4.98 Å². The third kappa shape index (κ3) is 4.60. The topological polar surface area (TPSA) is 38.7 Å². The highest BCUT2D eigenvalue weighted by atomic mass is 14.9. The van der Waals surface area contributed by atoms with Gasteiger partial charge in [-0.15, -0.1) is 0 Å². The van der Waals surface area contributed by atoms with E-state index in [0.717, 1.165) is 50.4 Å². The van der Waals surface area contributed by atoms with Gasteiger partial charge in [0.15, 0.2) is 5.82 Å². The Morgan fingerprint density at radius 2 is 0.873 bits per heavy atom. The summed E-state index contributed by atoms with van der Waals surface area (Å²) in [5.41, 5.74) is 19.4. The Kier molecular flexibility index (Phi) is 6.90. The SMILES string of the molecule is Cc1ccc(-c2ccc(-c3cc(-c4ccc5c(c4)-c4ccccc4C54c5ccccc5-c5ccccc54)nc(-c4ccccc4)n3)c3ccccc23)c(C)n1. The lowest BCUT2D eigenvalue weighted by molar-refractivity contribution is 0.794. The zero-order chi connectivity index (χ0) is 36.7. The van der Waals surface area contributed by atoms with Gasteiger partial charge in [-0.2, -0.15) is 0 Å². The van der Waals surface area contributed by atoms with Crippen molar-refractivity contribution >= 4 is 10.8 Å². The van der Waals surface area contributed by atoms with E-state index in [1.165, 1.54) is 55.5 Å². The first-order valence-corrected chi connectivity index (χ1v) is 18.9. The minimum absolute atomic E-state index is 0.379. The van der Waals surface area contributed by atoms with E-state index in [9.17, 15) is 0 Å². The van der Waals surface area contributed by atoms with Gasteiger partial charge in [0.25, 0.3) is 0 Å². The zero-order valence-electron chi connectivity index (χ0n) is 30.6. The molecule has 0 bridgehead atoms. The monoisotopic (exact) mass is 701 g/mol. The average Bonchev–Trinajstić information content (AvgIpc) is 3.71. The first kappa shape index (κ1) is 31.5. The Hall–Kier alpha value is -6.97. The molecular formula is C52H35N3. The third-order valence-electron chi connectivity index (χ3n) is 11.8. The highest BCUT2D eigenvalue weighted by molar-refractivity contribution is 6.05. The highest BCUT2D eigenvalue weighted by Gasteiger charge is 2.51. The summed E-state index contributed by atoms with van der Waals surface area (Å²) in [6.07, 6.45) is 0. The molecule has 9 aromatic rings. The molecule has 7 aromatic carbocycles. The molecule has 3 heteroatoms. The van der Waals surface area contributed by atoms with Gasteiger partial charge in [-0.25, -0.2) is 9.97 Å². The number of benzene rings is 7. The molecule has 2 aromatic heterocycles. The van der Waals surface area contributed by atoms with Crippen LogP contribution in [0.25, 0.3) is 78.1 Å². The lowest BCUT2D eigenvalue weighted by atomic mass is 9.70. The summed E-state index contributed by atoms with van der Waals surface area (Å²) in [5, 5.41) is 2.32. The maximum absolute atomic E-state index is 5.29. The molecule has 0 N–H and O–H groups in total. The molecule has 0 atom stereocenters. The van der Waals surface area contributed by atoms with Gasteiger partial charge < -0.3 is 0 Å². The number of hydrogen-bond donors (Lipinski definition) is 0. The third-order valence-corrected chi connectivity index (χ3v) is 11.8. The van der Waals surface area contributed by atoms with Crippen LogP contribution in [0.2, 0.25) is 0 Å². The Morgan fingerprint density at radius 3 is 1.55 bits per heavy atom. The van der Waals surface area contributed by atoms with Crippen molar-refractivity contribution in [1.82, 2.24) is 15.0 Å². The fourth-order valence-corrected chi connectivity index (χ4v) is 9.44. The minimum atomic E-state index is -0.379. The van der Waals surface area contributed by atoms with Crippen LogP contribution in [0.15, 0.2) is 176 Å². The van der Waals surface area contributed by atoms with E-state index >= 15 is 0 Å². The molecule has 0 amide bonds. The van der Waals surface area contributed by atoms with Gasteiger partial charge in [0.05, 0.1) is 16.8 Å². The molecular weight excluding hydrogens is 667 g/mol. The Balaban J connectivity index is 1.13. The van der Waals surface area contributed by atoms with Crippen LogP contribution in [0.4, 0.5) is 0 Å². The molecule has 1 spiro atoms. The number of pyridine rings is 1. The second-order valence-electron chi connectivity index (χ2n) is 14.8. The molecule has 11 rings (SSSR count). The number of aromatic nitrogens is 3. The van der Waals surface area contributed by atoms with E-state index in [2.05, 4.69) is 177 Å². The van der Waals surface area contributed by atoms with Crippen molar-refractivity contribution in [3.05, 3.63) is 210 Å². The van der Waals surface area contributed by atoms with Crippen LogP contribution >= 0.6 is 0 Å². The standard InChI is InChI=1S/C52H35N3/c1-32-24-26-36(33(2)53-32)39-27-28-43(38-17-7-6-16-37(38)39)50-31-49(54-51(55-50)34-14-4-3-5-15-34)35-25-29-48-44(30-35)42-20-10-13-23-47(42)52(48)45-21-11-8-18-40(45)41-19-9-12-22-46(41)52/h3-31H,1-2H3. The number of hydrogen-bond acceptors (Lipinski definition) is 3. The van der Waals surface area contributed by atoms with E-state index in [1.54, 1.807) is 0 Å². The smallest absolute Gasteiger partial charge is 0.160 e. The maximum atomic E-state index is 5.29. The van der Waals surface area contributed by atoms with Crippen LogP contribution in [0.3, 0.4) is 0 Å². The van der Waals surface area contributed by atoms with Crippen molar-refractivity contribution in [1.29, 1.82) is 0 Å². The first-order chi connectivity index (χ1) is 27.1. The average molecular weight is 702 g/mol. The summed E-state index contributed by atoms with van der Waals surface area (Å²) in [6.45, 7) is 4.13. The van der Waals surface area contributed by atoms with Gasteiger partial charge in [-0.05, 0) is 92.9 Å². The second-order valence-corrected chi connectivity index (χ2v) is 14.8. The summed E-state index contributed by atoms with van der Waals surface area (Å²) in [6, 6.07) is 63.7. The van der Waals surface area contributed by atoms with Crippen molar-refractivity contribution in [2.24, 2.45) is 0 Å². The molecule has 258 valence electrons. The van der Waals surface area contributed by atoms with E-state index < -0.39 is 0 Å². The number of aryl methyl sites for hydroxylation is 2. The fraction of sp³-hybridized carbons (Fsp3) is 0.0577. The van der Waals surface area contributed by atoms with Gasteiger partial charge in [0.2, 0.25) is 0 Å². The summed E-state index contributed by atoms with van der Waals surface area (Å²) in [7, 11) is 0. The van der Waals surface area contributed by atoms with Gasteiger partial charge in [0, 0.05) is 33.6 Å². The van der Waals surface area contributed by atoms with Gasteiger partial charge in [-0.1, -0.05) is 158 Å². The van der Waals surface area contributed by atoms with Crippen LogP contribution < -0.4 is 0 Å². The molecule has 0 fully saturated rings.